The molecular formula is C14H24N2. The van der Waals surface area contributed by atoms with Crippen molar-refractivity contribution in [1.29, 1.82) is 0 Å². The van der Waals surface area contributed by atoms with Gasteiger partial charge in [-0.05, 0) is 37.2 Å². The van der Waals surface area contributed by atoms with Crippen molar-refractivity contribution in [3.8, 4) is 0 Å². The maximum Gasteiger partial charge on any atom is 0.0337 e. The van der Waals surface area contributed by atoms with Gasteiger partial charge in [-0.15, -0.1) is 0 Å². The quantitative estimate of drug-likeness (QED) is 0.758. The van der Waals surface area contributed by atoms with Gasteiger partial charge in [0.05, 0.1) is 0 Å². The second-order valence-electron chi connectivity index (χ2n) is 4.17. The molecule has 0 amide bonds. The van der Waals surface area contributed by atoms with Crippen molar-refractivity contribution < 1.29 is 0 Å². The zero-order chi connectivity index (χ0) is 11.8. The van der Waals surface area contributed by atoms with Crippen LogP contribution in [0.2, 0.25) is 0 Å². The van der Waals surface area contributed by atoms with Gasteiger partial charge < -0.3 is 5.32 Å². The zero-order valence-corrected chi connectivity index (χ0v) is 10.8. The Morgan fingerprint density at radius 3 is 2.31 bits per heavy atom. The number of hydrogen-bond acceptors (Lipinski definition) is 2. The van der Waals surface area contributed by atoms with Crippen LogP contribution < -0.4 is 5.32 Å². The first kappa shape index (κ1) is 13.0. The van der Waals surface area contributed by atoms with Crippen LogP contribution >= 0.6 is 0 Å². The molecule has 0 spiro atoms. The predicted molar refractivity (Wildman–Crippen MR) is 71.8 cm³/mol. The molecule has 2 nitrogen and oxygen atoms in total. The highest BCUT2D eigenvalue weighted by Crippen LogP contribution is 2.11. The highest BCUT2D eigenvalue weighted by molar-refractivity contribution is 5.43. The third-order valence-electron chi connectivity index (χ3n) is 2.92. The third-order valence-corrected chi connectivity index (χ3v) is 2.92. The lowest BCUT2D eigenvalue weighted by atomic mass is 10.2. The first-order valence-electron chi connectivity index (χ1n) is 6.29. The van der Waals surface area contributed by atoms with Crippen LogP contribution in [0.1, 0.15) is 32.3 Å². The lowest BCUT2D eigenvalue weighted by Crippen LogP contribution is -2.23. The van der Waals surface area contributed by atoms with Gasteiger partial charge in [0.2, 0.25) is 0 Å². The molecule has 0 unspecified atom stereocenters. The minimum atomic E-state index is 1.07. The third kappa shape index (κ3) is 4.23. The highest BCUT2D eigenvalue weighted by atomic mass is 15.1. The van der Waals surface area contributed by atoms with Gasteiger partial charge in [-0.25, -0.2) is 0 Å². The van der Waals surface area contributed by atoms with Gasteiger partial charge >= 0.3 is 0 Å². The van der Waals surface area contributed by atoms with Gasteiger partial charge in [-0.3, -0.25) is 4.90 Å². The highest BCUT2D eigenvalue weighted by Gasteiger charge is 2.02. The summed E-state index contributed by atoms with van der Waals surface area (Å²) in [6.07, 6.45) is 2.57. The molecule has 0 aromatic heterocycles. The molecule has 0 saturated heterocycles. The summed E-state index contributed by atoms with van der Waals surface area (Å²) >= 11 is 0. The Hall–Kier alpha value is -1.02. The van der Waals surface area contributed by atoms with Crippen LogP contribution in [0.3, 0.4) is 0 Å². The molecule has 0 aliphatic rings. The number of nitrogens with one attached hydrogen (secondary N) is 1. The van der Waals surface area contributed by atoms with Gasteiger partial charge in [0.1, 0.15) is 0 Å². The monoisotopic (exact) mass is 220 g/mol. The van der Waals surface area contributed by atoms with E-state index < -0.39 is 0 Å². The first-order chi connectivity index (χ1) is 7.80. The van der Waals surface area contributed by atoms with Gasteiger partial charge in [-0.1, -0.05) is 32.4 Å². The van der Waals surface area contributed by atoms with E-state index in [-0.39, 0.29) is 0 Å². The van der Waals surface area contributed by atoms with E-state index in [1.807, 2.05) is 7.05 Å². The molecule has 1 rings (SSSR count). The van der Waals surface area contributed by atoms with E-state index in [9.17, 15) is 0 Å². The molecule has 0 fully saturated rings. The molecule has 1 aromatic carbocycles. The summed E-state index contributed by atoms with van der Waals surface area (Å²) < 4.78 is 0. The molecule has 16 heavy (non-hydrogen) atoms. The molecule has 0 heterocycles. The smallest absolute Gasteiger partial charge is 0.0337 e. The van der Waals surface area contributed by atoms with E-state index in [0.29, 0.717) is 0 Å². The number of rotatable bonds is 7. The summed E-state index contributed by atoms with van der Waals surface area (Å²) in [5.74, 6) is 0. The van der Waals surface area contributed by atoms with Crippen LogP contribution in [-0.2, 0) is 6.54 Å². The zero-order valence-electron chi connectivity index (χ0n) is 10.8. The largest absolute Gasteiger partial charge is 0.388 e. The van der Waals surface area contributed by atoms with E-state index in [0.717, 1.165) is 13.1 Å². The van der Waals surface area contributed by atoms with Gasteiger partial charge in [0, 0.05) is 19.3 Å². The van der Waals surface area contributed by atoms with Crippen LogP contribution in [-0.4, -0.2) is 25.0 Å². The molecule has 0 radical (unpaired) electrons. The second kappa shape index (κ2) is 7.29. The van der Waals surface area contributed by atoms with Crippen molar-refractivity contribution in [2.75, 3.05) is 25.5 Å². The second-order valence-corrected chi connectivity index (χ2v) is 4.17. The van der Waals surface area contributed by atoms with Crippen LogP contribution in [0.4, 0.5) is 5.69 Å². The Balaban J connectivity index is 2.49. The van der Waals surface area contributed by atoms with E-state index in [1.54, 1.807) is 0 Å². The lowest BCUT2D eigenvalue weighted by Gasteiger charge is -2.20. The van der Waals surface area contributed by atoms with Gasteiger partial charge in [0.25, 0.3) is 0 Å². The van der Waals surface area contributed by atoms with E-state index >= 15 is 0 Å². The Labute approximate surface area is 99.7 Å². The molecule has 90 valence electrons. The summed E-state index contributed by atoms with van der Waals surface area (Å²) in [6, 6.07) is 8.70. The van der Waals surface area contributed by atoms with Crippen LogP contribution in [0.5, 0.6) is 0 Å². The average Bonchev–Trinajstić information content (AvgIpc) is 2.35. The molecule has 2 heteroatoms. The molecule has 0 saturated carbocycles. The van der Waals surface area contributed by atoms with Gasteiger partial charge in [0.15, 0.2) is 0 Å². The molecule has 0 aliphatic heterocycles. The van der Waals surface area contributed by atoms with Crippen LogP contribution in [0.15, 0.2) is 24.3 Å². The summed E-state index contributed by atoms with van der Waals surface area (Å²) in [4.78, 5) is 2.50. The Morgan fingerprint density at radius 1 is 1.12 bits per heavy atom. The van der Waals surface area contributed by atoms with E-state index in [4.69, 9.17) is 0 Å². The maximum atomic E-state index is 3.14. The van der Waals surface area contributed by atoms with Crippen LogP contribution in [0.25, 0.3) is 0 Å². The SMILES string of the molecule is CCCCN(CC)Cc1ccc(NC)cc1. The van der Waals surface area contributed by atoms with Crippen molar-refractivity contribution in [2.24, 2.45) is 0 Å². The molecule has 0 aliphatic carbocycles. The van der Waals surface area contributed by atoms with Crippen molar-refractivity contribution in [3.05, 3.63) is 29.8 Å². The molecule has 1 aromatic rings. The summed E-state index contributed by atoms with van der Waals surface area (Å²) in [6.45, 7) is 7.89. The van der Waals surface area contributed by atoms with Crippen molar-refractivity contribution >= 4 is 5.69 Å². The Morgan fingerprint density at radius 2 is 1.81 bits per heavy atom. The number of unbranched alkanes of at least 4 members (excludes halogenated alkanes) is 1. The molecule has 0 atom stereocenters. The number of anilines is 1. The fourth-order valence-electron chi connectivity index (χ4n) is 1.77. The van der Waals surface area contributed by atoms with Gasteiger partial charge in [-0.2, -0.15) is 0 Å². The normalized spacial score (nSPS) is 10.8. The van der Waals surface area contributed by atoms with Crippen LogP contribution in [0, 0.1) is 0 Å². The lowest BCUT2D eigenvalue weighted by molar-refractivity contribution is 0.275. The molecule has 0 bridgehead atoms. The van der Waals surface area contributed by atoms with Crippen molar-refractivity contribution in [2.45, 2.75) is 33.2 Å². The first-order valence-corrected chi connectivity index (χ1v) is 6.29. The topological polar surface area (TPSA) is 15.3 Å². The fraction of sp³-hybridized carbons (Fsp3) is 0.571. The van der Waals surface area contributed by atoms with E-state index in [1.165, 1.54) is 30.6 Å². The summed E-state index contributed by atoms with van der Waals surface area (Å²) in [7, 11) is 1.95. The Kier molecular flexibility index (Phi) is 5.94. The maximum absolute atomic E-state index is 3.14. The standard InChI is InChI=1S/C14H24N2/c1-4-6-11-16(5-2)12-13-7-9-14(15-3)10-8-13/h7-10,15H,4-6,11-12H2,1-3H3. The molecule has 1 N–H and O–H groups in total. The minimum absolute atomic E-state index is 1.07. The van der Waals surface area contributed by atoms with E-state index in [2.05, 4.69) is 48.3 Å². The summed E-state index contributed by atoms with van der Waals surface area (Å²) in [5, 5.41) is 3.14. The average molecular weight is 220 g/mol. The fourth-order valence-corrected chi connectivity index (χ4v) is 1.77. The predicted octanol–water partition coefficient (Wildman–Crippen LogP) is 3.35. The number of nitrogens with zero attached hydrogens (tertiary/aromatic N) is 1. The number of benzene rings is 1. The summed E-state index contributed by atoms with van der Waals surface area (Å²) in [5.41, 5.74) is 2.58. The minimum Gasteiger partial charge on any atom is -0.388 e. The Bertz CT molecular complexity index is 279. The molecular weight excluding hydrogens is 196 g/mol. The van der Waals surface area contributed by atoms with Crippen molar-refractivity contribution in [3.63, 3.8) is 0 Å². The van der Waals surface area contributed by atoms with Crippen molar-refractivity contribution in [1.82, 2.24) is 4.90 Å². The number of hydrogen-bond donors (Lipinski definition) is 1.